The van der Waals surface area contributed by atoms with Crippen LogP contribution in [0.1, 0.15) is 63.6 Å². The fourth-order valence-corrected chi connectivity index (χ4v) is 4.08. The third-order valence-corrected chi connectivity index (χ3v) is 5.53. The fourth-order valence-electron chi connectivity index (χ4n) is 4.08. The van der Waals surface area contributed by atoms with Gasteiger partial charge in [-0.15, -0.1) is 0 Å². The van der Waals surface area contributed by atoms with Gasteiger partial charge in [-0.3, -0.25) is 15.0 Å². The standard InChI is InChI=1S/C21H26N6O3/c1-15(28)24-21(12-6-2-3-7-13-21)20-23-19(30-26-20)11-10-18(29)25-27-14-22-16-8-4-5-9-17(16)27/h4-5,8-9,14H,2-3,6-7,10-13H2,1H3,(H,24,28)(H,25,29). The monoisotopic (exact) mass is 410 g/mol. The van der Waals surface area contributed by atoms with Gasteiger partial charge < -0.3 is 9.84 Å². The number of hydrogen-bond donors (Lipinski definition) is 2. The maximum Gasteiger partial charge on any atom is 0.239 e. The van der Waals surface area contributed by atoms with Gasteiger partial charge in [-0.2, -0.15) is 4.98 Å². The van der Waals surface area contributed by atoms with Gasteiger partial charge in [-0.05, 0) is 25.0 Å². The predicted octanol–water partition coefficient (Wildman–Crippen LogP) is 2.81. The van der Waals surface area contributed by atoms with Gasteiger partial charge in [0, 0.05) is 19.8 Å². The van der Waals surface area contributed by atoms with E-state index in [2.05, 4.69) is 25.9 Å². The average molecular weight is 410 g/mol. The summed E-state index contributed by atoms with van der Waals surface area (Å²) < 4.78 is 7.01. The molecule has 0 aliphatic heterocycles. The van der Waals surface area contributed by atoms with Gasteiger partial charge in [-0.25, -0.2) is 9.66 Å². The molecule has 0 bridgehead atoms. The summed E-state index contributed by atoms with van der Waals surface area (Å²) in [6.45, 7) is 1.51. The number of benzene rings is 1. The Balaban J connectivity index is 1.41. The van der Waals surface area contributed by atoms with Gasteiger partial charge in [0.15, 0.2) is 5.82 Å². The fraction of sp³-hybridized carbons (Fsp3) is 0.476. The Bertz CT molecular complexity index is 1030. The zero-order valence-corrected chi connectivity index (χ0v) is 17.1. The zero-order chi connectivity index (χ0) is 21.0. The van der Waals surface area contributed by atoms with Crippen molar-refractivity contribution < 1.29 is 14.1 Å². The van der Waals surface area contributed by atoms with Crippen LogP contribution in [0.2, 0.25) is 0 Å². The molecule has 9 nitrogen and oxygen atoms in total. The minimum atomic E-state index is -0.581. The largest absolute Gasteiger partial charge is 0.343 e. The van der Waals surface area contributed by atoms with E-state index in [1.807, 2.05) is 24.3 Å². The number of aryl methyl sites for hydroxylation is 1. The van der Waals surface area contributed by atoms with Crippen LogP contribution in [0.5, 0.6) is 0 Å². The summed E-state index contributed by atoms with van der Waals surface area (Å²) in [4.78, 5) is 33.0. The van der Waals surface area contributed by atoms with E-state index in [-0.39, 0.29) is 18.2 Å². The third kappa shape index (κ3) is 4.34. The molecule has 158 valence electrons. The first-order valence-electron chi connectivity index (χ1n) is 10.4. The lowest BCUT2D eigenvalue weighted by Gasteiger charge is -2.30. The molecule has 4 rings (SSSR count). The summed E-state index contributed by atoms with van der Waals surface area (Å²) in [6, 6.07) is 7.57. The lowest BCUT2D eigenvalue weighted by atomic mass is 9.89. The summed E-state index contributed by atoms with van der Waals surface area (Å²) in [5.74, 6) is 0.624. The number of amides is 2. The first kappa shape index (κ1) is 20.1. The Kier molecular flexibility index (Phi) is 5.78. The lowest BCUT2D eigenvalue weighted by molar-refractivity contribution is -0.121. The van der Waals surface area contributed by atoms with Gasteiger partial charge >= 0.3 is 0 Å². The quantitative estimate of drug-likeness (QED) is 0.604. The van der Waals surface area contributed by atoms with Crippen LogP contribution in [0, 0.1) is 0 Å². The molecule has 1 fully saturated rings. The van der Waals surface area contributed by atoms with E-state index in [1.165, 1.54) is 6.92 Å². The molecule has 9 heteroatoms. The number of aromatic nitrogens is 4. The number of imidazole rings is 1. The highest BCUT2D eigenvalue weighted by Crippen LogP contribution is 2.34. The molecule has 0 radical (unpaired) electrons. The van der Waals surface area contributed by atoms with Crippen molar-refractivity contribution in [3.05, 3.63) is 42.3 Å². The predicted molar refractivity (Wildman–Crippen MR) is 110 cm³/mol. The smallest absolute Gasteiger partial charge is 0.239 e. The molecule has 0 unspecified atom stereocenters. The Morgan fingerprint density at radius 3 is 2.70 bits per heavy atom. The Hall–Kier alpha value is -3.23. The highest BCUT2D eigenvalue weighted by Gasteiger charge is 2.38. The van der Waals surface area contributed by atoms with Crippen LogP contribution in [-0.4, -0.2) is 31.6 Å². The highest BCUT2D eigenvalue weighted by atomic mass is 16.5. The molecule has 1 aliphatic carbocycles. The summed E-state index contributed by atoms with van der Waals surface area (Å²) >= 11 is 0. The Labute approximate surface area is 174 Å². The van der Waals surface area contributed by atoms with Crippen LogP contribution in [0.25, 0.3) is 11.0 Å². The number of carbonyl (C=O) groups excluding carboxylic acids is 2. The second kappa shape index (κ2) is 8.64. The van der Waals surface area contributed by atoms with Crippen molar-refractivity contribution in [2.75, 3.05) is 5.43 Å². The van der Waals surface area contributed by atoms with E-state index < -0.39 is 5.54 Å². The average Bonchev–Trinajstić information content (AvgIpc) is 3.30. The molecule has 2 heterocycles. The van der Waals surface area contributed by atoms with Crippen molar-refractivity contribution in [2.45, 2.75) is 63.8 Å². The molecule has 30 heavy (non-hydrogen) atoms. The Morgan fingerprint density at radius 2 is 1.93 bits per heavy atom. The van der Waals surface area contributed by atoms with E-state index in [9.17, 15) is 9.59 Å². The van der Waals surface area contributed by atoms with Gasteiger partial charge in [0.1, 0.15) is 11.9 Å². The summed E-state index contributed by atoms with van der Waals surface area (Å²) in [6.07, 6.45) is 7.96. The maximum absolute atomic E-state index is 12.4. The van der Waals surface area contributed by atoms with E-state index in [4.69, 9.17) is 4.52 Å². The first-order valence-corrected chi connectivity index (χ1v) is 10.4. The van der Waals surface area contributed by atoms with Crippen molar-refractivity contribution >= 4 is 22.8 Å². The van der Waals surface area contributed by atoms with Gasteiger partial charge in [0.05, 0.1) is 11.0 Å². The second-order valence-corrected chi connectivity index (χ2v) is 7.83. The zero-order valence-electron chi connectivity index (χ0n) is 17.1. The van der Waals surface area contributed by atoms with Crippen molar-refractivity contribution in [1.29, 1.82) is 0 Å². The number of nitrogens with one attached hydrogen (secondary N) is 2. The van der Waals surface area contributed by atoms with Crippen molar-refractivity contribution in [1.82, 2.24) is 25.1 Å². The van der Waals surface area contributed by atoms with Crippen LogP contribution in [-0.2, 0) is 21.5 Å². The normalized spacial score (nSPS) is 16.2. The molecule has 0 atom stereocenters. The van der Waals surface area contributed by atoms with E-state index in [0.29, 0.717) is 18.1 Å². The number of hydrogen-bond acceptors (Lipinski definition) is 6. The second-order valence-electron chi connectivity index (χ2n) is 7.83. The van der Waals surface area contributed by atoms with Crippen LogP contribution in [0.3, 0.4) is 0 Å². The molecule has 1 saturated carbocycles. The third-order valence-electron chi connectivity index (χ3n) is 5.53. The van der Waals surface area contributed by atoms with Crippen LogP contribution in [0.4, 0.5) is 0 Å². The molecule has 1 aromatic carbocycles. The summed E-state index contributed by atoms with van der Waals surface area (Å²) in [7, 11) is 0. The molecule has 2 amide bonds. The minimum Gasteiger partial charge on any atom is -0.343 e. The number of fused-ring (bicyclic) bond motifs is 1. The SMILES string of the molecule is CC(=O)NC1(c2noc(CCC(=O)Nn3cnc4ccccc43)n2)CCCCCC1. The van der Waals surface area contributed by atoms with Crippen LogP contribution >= 0.6 is 0 Å². The topological polar surface area (TPSA) is 115 Å². The van der Waals surface area contributed by atoms with E-state index in [1.54, 1.807) is 11.0 Å². The molecule has 3 aromatic rings. The number of carbonyl (C=O) groups is 2. The van der Waals surface area contributed by atoms with Gasteiger partial charge in [0.25, 0.3) is 0 Å². The molecule has 1 aliphatic rings. The summed E-state index contributed by atoms with van der Waals surface area (Å²) in [5.41, 5.74) is 3.88. The van der Waals surface area contributed by atoms with Crippen molar-refractivity contribution in [2.24, 2.45) is 0 Å². The van der Waals surface area contributed by atoms with Crippen LogP contribution < -0.4 is 10.7 Å². The maximum atomic E-state index is 12.4. The Morgan fingerprint density at radius 1 is 1.17 bits per heavy atom. The van der Waals surface area contributed by atoms with Gasteiger partial charge in [-0.1, -0.05) is 43.0 Å². The van der Waals surface area contributed by atoms with Crippen LogP contribution in [0.15, 0.2) is 35.1 Å². The number of rotatable bonds is 6. The molecule has 2 aromatic heterocycles. The highest BCUT2D eigenvalue weighted by molar-refractivity contribution is 5.86. The number of nitrogens with zero attached hydrogens (tertiary/aromatic N) is 4. The lowest BCUT2D eigenvalue weighted by Crippen LogP contribution is -2.45. The molecule has 2 N–H and O–H groups in total. The summed E-state index contributed by atoms with van der Waals surface area (Å²) in [5, 5.41) is 7.22. The van der Waals surface area contributed by atoms with E-state index >= 15 is 0 Å². The molecular formula is C21H26N6O3. The van der Waals surface area contributed by atoms with Crippen molar-refractivity contribution in [3.63, 3.8) is 0 Å². The molecular weight excluding hydrogens is 384 g/mol. The first-order chi connectivity index (χ1) is 14.6. The molecule has 0 spiro atoms. The van der Waals surface area contributed by atoms with E-state index in [0.717, 1.165) is 49.6 Å². The van der Waals surface area contributed by atoms with Crippen molar-refractivity contribution in [3.8, 4) is 0 Å². The number of para-hydroxylation sites is 2. The van der Waals surface area contributed by atoms with Gasteiger partial charge in [0.2, 0.25) is 17.7 Å². The minimum absolute atomic E-state index is 0.102. The molecule has 0 saturated heterocycles.